The number of ether oxygens (including phenoxy) is 2. The molecule has 5 heteroatoms. The number of carbonyl (C=O) groups excluding carboxylic acids is 2. The van der Waals surface area contributed by atoms with Crippen molar-refractivity contribution in [1.82, 2.24) is 0 Å². The van der Waals surface area contributed by atoms with Crippen molar-refractivity contribution in [3.63, 3.8) is 0 Å². The second kappa shape index (κ2) is 7.59. The molecule has 21 heavy (non-hydrogen) atoms. The topological polar surface area (TPSA) is 72.8 Å². The third-order valence-electron chi connectivity index (χ3n) is 2.88. The summed E-state index contributed by atoms with van der Waals surface area (Å²) in [7, 11) is 0. The van der Waals surface area contributed by atoms with Crippen LogP contribution in [0, 0.1) is 0 Å². The number of aliphatic hydroxyl groups is 1. The normalized spacial score (nSPS) is 10.8. The molecule has 114 valence electrons. The Morgan fingerprint density at radius 3 is 2.00 bits per heavy atom. The third-order valence-corrected chi connectivity index (χ3v) is 2.88. The molecule has 0 saturated carbocycles. The number of carbonyl (C=O) groups is 2. The first kappa shape index (κ1) is 16.9. The lowest BCUT2D eigenvalue weighted by molar-refractivity contribution is -0.182. The summed E-state index contributed by atoms with van der Waals surface area (Å²) in [5, 5.41) is 10.4. The first-order valence-electron chi connectivity index (χ1n) is 6.75. The average Bonchev–Trinajstić information content (AvgIpc) is 2.48. The number of hydrogen-bond acceptors (Lipinski definition) is 5. The maximum Gasteiger partial charge on any atom is 0.350 e. The van der Waals surface area contributed by atoms with E-state index in [4.69, 9.17) is 9.47 Å². The van der Waals surface area contributed by atoms with Crippen LogP contribution in [0.2, 0.25) is 0 Å². The molecular formula is C16H20O5. The molecule has 0 saturated heterocycles. The monoisotopic (exact) mass is 292 g/mol. The van der Waals surface area contributed by atoms with Crippen LogP contribution >= 0.6 is 0 Å². The molecule has 1 aromatic rings. The summed E-state index contributed by atoms with van der Waals surface area (Å²) in [6, 6.07) is 8.99. The van der Waals surface area contributed by atoms with Gasteiger partial charge in [-0.1, -0.05) is 36.9 Å². The van der Waals surface area contributed by atoms with E-state index in [1.54, 1.807) is 38.1 Å². The smallest absolute Gasteiger partial charge is 0.350 e. The molecule has 1 rings (SSSR count). The summed E-state index contributed by atoms with van der Waals surface area (Å²) in [4.78, 5) is 23.9. The lowest BCUT2D eigenvalue weighted by atomic mass is 9.91. The minimum atomic E-state index is -2.38. The van der Waals surface area contributed by atoms with Crippen LogP contribution in [0.1, 0.15) is 25.8 Å². The van der Waals surface area contributed by atoms with Gasteiger partial charge >= 0.3 is 11.9 Å². The van der Waals surface area contributed by atoms with Crippen molar-refractivity contribution in [3.8, 4) is 0 Å². The van der Waals surface area contributed by atoms with Gasteiger partial charge in [0.25, 0.3) is 5.60 Å². The van der Waals surface area contributed by atoms with Gasteiger partial charge in [0.2, 0.25) is 0 Å². The molecule has 0 unspecified atom stereocenters. The molecule has 5 nitrogen and oxygen atoms in total. The Labute approximate surface area is 124 Å². The minimum absolute atomic E-state index is 0.0539. The SMILES string of the molecule is C=C(CC(O)(C(=O)OCC)C(=O)OCC)c1ccccc1. The van der Waals surface area contributed by atoms with Gasteiger partial charge in [0.15, 0.2) is 0 Å². The molecular weight excluding hydrogens is 272 g/mol. The maximum atomic E-state index is 11.9. The van der Waals surface area contributed by atoms with Crippen molar-refractivity contribution in [2.75, 3.05) is 13.2 Å². The molecule has 0 aliphatic rings. The minimum Gasteiger partial charge on any atom is -0.463 e. The van der Waals surface area contributed by atoms with E-state index >= 15 is 0 Å². The summed E-state index contributed by atoms with van der Waals surface area (Å²) in [6.45, 7) is 7.11. The molecule has 0 atom stereocenters. The number of esters is 2. The lowest BCUT2D eigenvalue weighted by Gasteiger charge is -2.24. The maximum absolute atomic E-state index is 11.9. The van der Waals surface area contributed by atoms with Crippen LogP contribution in [0.5, 0.6) is 0 Å². The van der Waals surface area contributed by atoms with Crippen molar-refractivity contribution in [2.24, 2.45) is 0 Å². The van der Waals surface area contributed by atoms with Crippen LogP contribution < -0.4 is 0 Å². The zero-order valence-electron chi connectivity index (χ0n) is 12.3. The number of hydrogen-bond donors (Lipinski definition) is 1. The second-order valence-corrected chi connectivity index (χ2v) is 4.45. The van der Waals surface area contributed by atoms with Crippen molar-refractivity contribution < 1.29 is 24.2 Å². The molecule has 0 bridgehead atoms. The molecule has 0 fully saturated rings. The van der Waals surface area contributed by atoms with Gasteiger partial charge in [-0.05, 0) is 25.0 Å². The first-order chi connectivity index (χ1) is 9.95. The fourth-order valence-electron chi connectivity index (χ4n) is 1.81. The van der Waals surface area contributed by atoms with Crippen molar-refractivity contribution in [2.45, 2.75) is 25.9 Å². The summed E-state index contributed by atoms with van der Waals surface area (Å²) in [5.41, 5.74) is -1.21. The van der Waals surface area contributed by atoms with E-state index in [2.05, 4.69) is 6.58 Å². The number of benzene rings is 1. The van der Waals surface area contributed by atoms with E-state index in [1.165, 1.54) is 0 Å². The molecule has 0 radical (unpaired) electrons. The number of rotatable bonds is 7. The Bertz CT molecular complexity index is 489. The predicted molar refractivity (Wildman–Crippen MR) is 78.3 cm³/mol. The van der Waals surface area contributed by atoms with Crippen molar-refractivity contribution in [1.29, 1.82) is 0 Å². The lowest BCUT2D eigenvalue weighted by Crippen LogP contribution is -2.49. The highest BCUT2D eigenvalue weighted by Crippen LogP contribution is 2.26. The highest BCUT2D eigenvalue weighted by Gasteiger charge is 2.47. The van der Waals surface area contributed by atoms with Crippen molar-refractivity contribution >= 4 is 17.5 Å². The quantitative estimate of drug-likeness (QED) is 0.614. The summed E-state index contributed by atoms with van der Waals surface area (Å²) >= 11 is 0. The van der Waals surface area contributed by atoms with Crippen LogP contribution in [-0.4, -0.2) is 35.9 Å². The molecule has 1 N–H and O–H groups in total. The largest absolute Gasteiger partial charge is 0.463 e. The van der Waals surface area contributed by atoms with Crippen LogP contribution in [0.15, 0.2) is 36.9 Å². The van der Waals surface area contributed by atoms with Crippen LogP contribution in [0.25, 0.3) is 5.57 Å². The molecule has 0 amide bonds. The molecule has 0 aliphatic heterocycles. The van der Waals surface area contributed by atoms with Crippen LogP contribution in [-0.2, 0) is 19.1 Å². The molecule has 0 aliphatic carbocycles. The van der Waals surface area contributed by atoms with E-state index in [-0.39, 0.29) is 19.6 Å². The molecule has 1 aromatic carbocycles. The Hall–Kier alpha value is -2.14. The highest BCUT2D eigenvalue weighted by atomic mass is 16.6. The van der Waals surface area contributed by atoms with Gasteiger partial charge in [-0.3, -0.25) is 0 Å². The van der Waals surface area contributed by atoms with Crippen LogP contribution in [0.3, 0.4) is 0 Å². The van der Waals surface area contributed by atoms with E-state index in [1.807, 2.05) is 6.07 Å². The Morgan fingerprint density at radius 2 is 1.57 bits per heavy atom. The predicted octanol–water partition coefficient (Wildman–Crippen LogP) is 1.95. The highest BCUT2D eigenvalue weighted by molar-refractivity contribution is 6.04. The Morgan fingerprint density at radius 1 is 1.10 bits per heavy atom. The second-order valence-electron chi connectivity index (χ2n) is 4.45. The van der Waals surface area contributed by atoms with Gasteiger partial charge in [0, 0.05) is 6.42 Å². The van der Waals surface area contributed by atoms with E-state index in [9.17, 15) is 14.7 Å². The third kappa shape index (κ3) is 4.16. The van der Waals surface area contributed by atoms with Gasteiger partial charge in [0.1, 0.15) is 0 Å². The molecule has 0 aromatic heterocycles. The van der Waals surface area contributed by atoms with Gasteiger partial charge in [-0.15, -0.1) is 0 Å². The van der Waals surface area contributed by atoms with Crippen molar-refractivity contribution in [3.05, 3.63) is 42.5 Å². The summed E-state index contributed by atoms with van der Waals surface area (Å²) in [5.74, 6) is -2.05. The van der Waals surface area contributed by atoms with E-state index < -0.39 is 17.5 Å². The van der Waals surface area contributed by atoms with Gasteiger partial charge < -0.3 is 14.6 Å². The molecule has 0 spiro atoms. The standard InChI is InChI=1S/C16H20O5/c1-4-20-14(17)16(19,15(18)21-5-2)11-12(3)13-9-7-6-8-10-13/h6-10,19H,3-5,11H2,1-2H3. The fraction of sp³-hybridized carbons (Fsp3) is 0.375. The Kier molecular flexibility index (Phi) is 6.11. The van der Waals surface area contributed by atoms with E-state index in [0.717, 1.165) is 5.56 Å². The van der Waals surface area contributed by atoms with Gasteiger partial charge in [0.05, 0.1) is 13.2 Å². The fourth-order valence-corrected chi connectivity index (χ4v) is 1.81. The molecule has 0 heterocycles. The Balaban J connectivity index is 2.99. The first-order valence-corrected chi connectivity index (χ1v) is 6.75. The van der Waals surface area contributed by atoms with E-state index in [0.29, 0.717) is 5.57 Å². The zero-order valence-corrected chi connectivity index (χ0v) is 12.3. The van der Waals surface area contributed by atoms with Crippen LogP contribution in [0.4, 0.5) is 0 Å². The zero-order chi connectivity index (χ0) is 15.9. The summed E-state index contributed by atoms with van der Waals surface area (Å²) < 4.78 is 9.56. The van der Waals surface area contributed by atoms with Gasteiger partial charge in [-0.25, -0.2) is 9.59 Å². The average molecular weight is 292 g/mol. The summed E-state index contributed by atoms with van der Waals surface area (Å²) in [6.07, 6.45) is -0.283. The van der Waals surface area contributed by atoms with Gasteiger partial charge in [-0.2, -0.15) is 0 Å².